The van der Waals surface area contributed by atoms with Gasteiger partial charge in [-0.3, -0.25) is 0 Å². The van der Waals surface area contributed by atoms with Gasteiger partial charge in [0, 0.05) is 12.7 Å². The van der Waals surface area contributed by atoms with Gasteiger partial charge in [0.05, 0.1) is 23.8 Å². The Morgan fingerprint density at radius 1 is 1.50 bits per heavy atom. The van der Waals surface area contributed by atoms with Crippen LogP contribution >= 0.6 is 11.6 Å². The molecule has 0 spiro atoms. The highest BCUT2D eigenvalue weighted by Crippen LogP contribution is 2.25. The average molecular weight is 246 g/mol. The van der Waals surface area contributed by atoms with Crippen molar-refractivity contribution < 1.29 is 10.2 Å². The number of nitrogens with zero attached hydrogens (tertiary/aromatic N) is 1. The van der Waals surface area contributed by atoms with Crippen LogP contribution in [0.15, 0.2) is 12.3 Å². The first-order valence-corrected chi connectivity index (χ1v) is 5.27. The number of pyridine rings is 1. The number of hydrogen-bond acceptors (Lipinski definition) is 5. The fraction of sp³-hybridized carbons (Fsp3) is 0.500. The van der Waals surface area contributed by atoms with E-state index in [4.69, 9.17) is 27.5 Å². The van der Waals surface area contributed by atoms with Crippen LogP contribution in [0, 0.1) is 0 Å². The summed E-state index contributed by atoms with van der Waals surface area (Å²) in [5.74, 6) is 0.412. The highest BCUT2D eigenvalue weighted by atomic mass is 35.5. The summed E-state index contributed by atoms with van der Waals surface area (Å²) in [7, 11) is 0. The van der Waals surface area contributed by atoms with Crippen LogP contribution in [-0.2, 0) is 6.54 Å². The average Bonchev–Trinajstić information content (AvgIpc) is 2.32. The molecule has 0 aliphatic heterocycles. The molecule has 5 N–H and O–H groups in total. The lowest BCUT2D eigenvalue weighted by atomic mass is 10.1. The SMILES string of the molecule is CC(CO)(CO)Nc1nccc(CN)c1Cl. The number of rotatable bonds is 5. The molecular weight excluding hydrogens is 230 g/mol. The van der Waals surface area contributed by atoms with Gasteiger partial charge in [-0.05, 0) is 18.6 Å². The van der Waals surface area contributed by atoms with Crippen molar-refractivity contribution in [2.45, 2.75) is 19.0 Å². The first-order valence-electron chi connectivity index (χ1n) is 4.89. The molecule has 0 bridgehead atoms. The Hall–Kier alpha value is -0.880. The normalized spacial score (nSPS) is 11.6. The van der Waals surface area contributed by atoms with E-state index in [9.17, 15) is 0 Å². The predicted octanol–water partition coefficient (Wildman–Crippen LogP) is 0.349. The van der Waals surface area contributed by atoms with Gasteiger partial charge in [-0.1, -0.05) is 11.6 Å². The summed E-state index contributed by atoms with van der Waals surface area (Å²) in [4.78, 5) is 4.05. The van der Waals surface area contributed by atoms with Crippen molar-refractivity contribution in [3.63, 3.8) is 0 Å². The van der Waals surface area contributed by atoms with E-state index in [0.29, 0.717) is 17.4 Å². The maximum atomic E-state index is 9.15. The van der Waals surface area contributed by atoms with Crippen LogP contribution in [0.2, 0.25) is 5.02 Å². The number of nitrogens with two attached hydrogens (primary N) is 1. The van der Waals surface area contributed by atoms with E-state index in [0.717, 1.165) is 5.56 Å². The Labute approximate surface area is 99.3 Å². The van der Waals surface area contributed by atoms with Crippen LogP contribution in [-0.4, -0.2) is 33.9 Å². The van der Waals surface area contributed by atoms with Gasteiger partial charge in [-0.2, -0.15) is 0 Å². The van der Waals surface area contributed by atoms with Crippen molar-refractivity contribution >= 4 is 17.4 Å². The smallest absolute Gasteiger partial charge is 0.145 e. The molecule has 1 aromatic heterocycles. The van der Waals surface area contributed by atoms with Gasteiger partial charge in [-0.15, -0.1) is 0 Å². The van der Waals surface area contributed by atoms with Crippen molar-refractivity contribution in [1.82, 2.24) is 4.98 Å². The standard InChI is InChI=1S/C10H16ClN3O2/c1-10(5-15,6-16)14-9-8(11)7(4-12)2-3-13-9/h2-3,15-16H,4-6,12H2,1H3,(H,13,14). The third kappa shape index (κ3) is 2.82. The summed E-state index contributed by atoms with van der Waals surface area (Å²) in [5, 5.41) is 21.6. The number of aromatic nitrogens is 1. The maximum absolute atomic E-state index is 9.15. The summed E-state index contributed by atoms with van der Waals surface area (Å²) in [5.41, 5.74) is 5.41. The summed E-state index contributed by atoms with van der Waals surface area (Å²) < 4.78 is 0. The van der Waals surface area contributed by atoms with Crippen LogP contribution in [0.3, 0.4) is 0 Å². The highest BCUT2D eigenvalue weighted by molar-refractivity contribution is 6.33. The van der Waals surface area contributed by atoms with Crippen LogP contribution in [0.5, 0.6) is 0 Å². The number of halogens is 1. The maximum Gasteiger partial charge on any atom is 0.145 e. The zero-order valence-corrected chi connectivity index (χ0v) is 9.83. The first kappa shape index (κ1) is 13.2. The van der Waals surface area contributed by atoms with Gasteiger partial charge < -0.3 is 21.3 Å². The third-order valence-corrected chi connectivity index (χ3v) is 2.73. The molecule has 1 heterocycles. The second kappa shape index (κ2) is 5.45. The van der Waals surface area contributed by atoms with Gasteiger partial charge in [-0.25, -0.2) is 4.98 Å². The molecule has 0 saturated carbocycles. The van der Waals surface area contributed by atoms with E-state index < -0.39 is 5.54 Å². The molecule has 1 aromatic rings. The fourth-order valence-electron chi connectivity index (χ4n) is 1.14. The Morgan fingerprint density at radius 3 is 2.62 bits per heavy atom. The number of anilines is 1. The van der Waals surface area contributed by atoms with E-state index in [1.807, 2.05) is 0 Å². The molecule has 1 rings (SSSR count). The number of aliphatic hydroxyl groups is 2. The number of hydrogen-bond donors (Lipinski definition) is 4. The van der Waals surface area contributed by atoms with Crippen molar-refractivity contribution in [3.8, 4) is 0 Å². The molecule has 6 heteroatoms. The van der Waals surface area contributed by atoms with Crippen molar-refractivity contribution in [2.24, 2.45) is 5.73 Å². The highest BCUT2D eigenvalue weighted by Gasteiger charge is 2.23. The van der Waals surface area contributed by atoms with Gasteiger partial charge in [0.25, 0.3) is 0 Å². The lowest BCUT2D eigenvalue weighted by molar-refractivity contribution is 0.147. The molecule has 90 valence electrons. The van der Waals surface area contributed by atoms with Crippen LogP contribution in [0.1, 0.15) is 12.5 Å². The van der Waals surface area contributed by atoms with Crippen LogP contribution < -0.4 is 11.1 Å². The summed E-state index contributed by atoms with van der Waals surface area (Å²) in [6, 6.07) is 1.72. The molecule has 0 saturated heterocycles. The lowest BCUT2D eigenvalue weighted by Crippen LogP contribution is -2.42. The molecule has 0 fully saturated rings. The second-order valence-corrected chi connectivity index (χ2v) is 4.22. The molecule has 5 nitrogen and oxygen atoms in total. The van der Waals surface area contributed by atoms with E-state index in [-0.39, 0.29) is 13.2 Å². The van der Waals surface area contributed by atoms with E-state index in [1.165, 1.54) is 0 Å². The second-order valence-electron chi connectivity index (χ2n) is 3.84. The van der Waals surface area contributed by atoms with Gasteiger partial charge >= 0.3 is 0 Å². The molecule has 0 atom stereocenters. The zero-order valence-electron chi connectivity index (χ0n) is 9.07. The van der Waals surface area contributed by atoms with E-state index in [2.05, 4.69) is 10.3 Å². The Kier molecular flexibility index (Phi) is 4.49. The Morgan fingerprint density at radius 2 is 2.12 bits per heavy atom. The topological polar surface area (TPSA) is 91.4 Å². The molecule has 0 amide bonds. The minimum absolute atomic E-state index is 0.228. The van der Waals surface area contributed by atoms with Crippen molar-refractivity contribution in [1.29, 1.82) is 0 Å². The molecule has 0 unspecified atom stereocenters. The molecule has 0 aromatic carbocycles. The van der Waals surface area contributed by atoms with E-state index >= 15 is 0 Å². The zero-order chi connectivity index (χ0) is 12.2. The molecule has 0 radical (unpaired) electrons. The summed E-state index contributed by atoms with van der Waals surface area (Å²) in [6.07, 6.45) is 1.57. The summed E-state index contributed by atoms with van der Waals surface area (Å²) in [6.45, 7) is 1.52. The van der Waals surface area contributed by atoms with Crippen molar-refractivity contribution in [2.75, 3.05) is 18.5 Å². The van der Waals surface area contributed by atoms with Crippen LogP contribution in [0.4, 0.5) is 5.82 Å². The fourth-order valence-corrected chi connectivity index (χ4v) is 1.38. The lowest BCUT2D eigenvalue weighted by Gasteiger charge is -2.27. The van der Waals surface area contributed by atoms with Gasteiger partial charge in [0.15, 0.2) is 0 Å². The monoisotopic (exact) mass is 245 g/mol. The quantitative estimate of drug-likeness (QED) is 0.601. The number of nitrogens with one attached hydrogen (secondary N) is 1. The minimum Gasteiger partial charge on any atom is -0.394 e. The molecule has 0 aliphatic carbocycles. The van der Waals surface area contributed by atoms with Crippen molar-refractivity contribution in [3.05, 3.63) is 22.8 Å². The Balaban J connectivity index is 2.97. The molecular formula is C10H16ClN3O2. The summed E-state index contributed by atoms with van der Waals surface area (Å²) >= 11 is 6.06. The largest absolute Gasteiger partial charge is 0.394 e. The predicted molar refractivity (Wildman–Crippen MR) is 63.3 cm³/mol. The minimum atomic E-state index is -0.857. The third-order valence-electron chi connectivity index (χ3n) is 2.31. The van der Waals surface area contributed by atoms with Gasteiger partial charge in [0.1, 0.15) is 5.82 Å². The van der Waals surface area contributed by atoms with Crippen LogP contribution in [0.25, 0.3) is 0 Å². The van der Waals surface area contributed by atoms with Gasteiger partial charge in [0.2, 0.25) is 0 Å². The number of aliphatic hydroxyl groups excluding tert-OH is 2. The molecule has 16 heavy (non-hydrogen) atoms. The first-order chi connectivity index (χ1) is 7.56. The Bertz CT molecular complexity index is 356. The molecule has 0 aliphatic rings. The van der Waals surface area contributed by atoms with E-state index in [1.54, 1.807) is 19.2 Å².